The van der Waals surface area contributed by atoms with Crippen LogP contribution in [0.15, 0.2) is 58.8 Å². The number of benzene rings is 2. The van der Waals surface area contributed by atoms with Crippen LogP contribution in [0.3, 0.4) is 0 Å². The van der Waals surface area contributed by atoms with Crippen molar-refractivity contribution in [3.63, 3.8) is 0 Å². The standard InChI is InChI=1S/C22H18N6O2/c1-21(11-23,17-13-7-3-5-9-15(13)25-19(17)29)27-28-22(2,12-24)18-14-8-4-6-10-16(14)26-20(18)30/h3-10,25-26,29-30H,1-2H3. The number of hydrogen-bond acceptors (Lipinski definition) is 6. The summed E-state index contributed by atoms with van der Waals surface area (Å²) >= 11 is 0. The van der Waals surface area contributed by atoms with E-state index < -0.39 is 11.1 Å². The van der Waals surface area contributed by atoms with Crippen molar-refractivity contribution in [2.75, 3.05) is 0 Å². The minimum Gasteiger partial charge on any atom is -0.494 e. The monoisotopic (exact) mass is 398 g/mol. The fourth-order valence-electron chi connectivity index (χ4n) is 3.70. The molecule has 0 aliphatic heterocycles. The smallest absolute Gasteiger partial charge is 0.196 e. The lowest BCUT2D eigenvalue weighted by molar-refractivity contribution is 0.422. The number of hydrogen-bond donors (Lipinski definition) is 4. The fraction of sp³-hybridized carbons (Fsp3) is 0.182. The van der Waals surface area contributed by atoms with E-state index in [4.69, 9.17) is 0 Å². The number of H-pyrrole nitrogens is 2. The van der Waals surface area contributed by atoms with Gasteiger partial charge in [-0.1, -0.05) is 36.4 Å². The number of fused-ring (bicyclic) bond motifs is 2. The van der Waals surface area contributed by atoms with Crippen LogP contribution >= 0.6 is 0 Å². The summed E-state index contributed by atoms with van der Waals surface area (Å²) < 4.78 is 0. The van der Waals surface area contributed by atoms with E-state index in [-0.39, 0.29) is 22.9 Å². The fourth-order valence-corrected chi connectivity index (χ4v) is 3.70. The minimum atomic E-state index is -1.57. The first-order valence-corrected chi connectivity index (χ1v) is 9.20. The third-order valence-corrected chi connectivity index (χ3v) is 5.23. The maximum atomic E-state index is 10.4. The van der Waals surface area contributed by atoms with Gasteiger partial charge in [-0.15, -0.1) is 0 Å². The molecule has 2 heterocycles. The maximum absolute atomic E-state index is 10.4. The highest BCUT2D eigenvalue weighted by molar-refractivity contribution is 5.88. The van der Waals surface area contributed by atoms with Crippen molar-refractivity contribution in [3.8, 4) is 23.9 Å². The minimum absolute atomic E-state index is 0.187. The first-order chi connectivity index (χ1) is 14.3. The van der Waals surface area contributed by atoms with Crippen molar-refractivity contribution in [1.29, 1.82) is 10.5 Å². The van der Waals surface area contributed by atoms with Gasteiger partial charge in [0.05, 0.1) is 23.3 Å². The molecule has 2 aromatic heterocycles. The molecule has 8 heteroatoms. The van der Waals surface area contributed by atoms with Crippen molar-refractivity contribution >= 4 is 21.8 Å². The van der Waals surface area contributed by atoms with Gasteiger partial charge in [0.15, 0.2) is 22.8 Å². The van der Waals surface area contributed by atoms with Crippen LogP contribution in [0, 0.1) is 22.7 Å². The van der Waals surface area contributed by atoms with Crippen LogP contribution in [0.5, 0.6) is 11.8 Å². The lowest BCUT2D eigenvalue weighted by atomic mass is 9.92. The van der Waals surface area contributed by atoms with Gasteiger partial charge < -0.3 is 20.2 Å². The van der Waals surface area contributed by atoms with E-state index in [0.717, 1.165) is 0 Å². The van der Waals surface area contributed by atoms with E-state index in [1.54, 1.807) is 48.5 Å². The first kappa shape index (κ1) is 19.0. The normalized spacial score (nSPS) is 15.6. The molecule has 2 unspecified atom stereocenters. The number of nitriles is 2. The van der Waals surface area contributed by atoms with Gasteiger partial charge in [0.1, 0.15) is 0 Å². The molecule has 0 aliphatic carbocycles. The summed E-state index contributed by atoms with van der Waals surface area (Å²) in [4.78, 5) is 5.66. The molecule has 0 saturated carbocycles. The highest BCUT2D eigenvalue weighted by atomic mass is 16.3. The molecule has 0 spiro atoms. The number of rotatable bonds is 4. The number of aromatic nitrogens is 2. The number of azo groups is 1. The third-order valence-electron chi connectivity index (χ3n) is 5.23. The topological polar surface area (TPSA) is 144 Å². The Kier molecular flexibility index (Phi) is 4.22. The zero-order valence-electron chi connectivity index (χ0n) is 16.3. The molecular weight excluding hydrogens is 380 g/mol. The molecule has 148 valence electrons. The molecule has 4 rings (SSSR count). The Hall–Kier alpha value is -4.30. The van der Waals surface area contributed by atoms with Crippen LogP contribution in [-0.2, 0) is 11.1 Å². The van der Waals surface area contributed by atoms with Crippen LogP contribution in [0.1, 0.15) is 25.0 Å². The van der Waals surface area contributed by atoms with E-state index in [2.05, 4.69) is 32.3 Å². The lowest BCUT2D eigenvalue weighted by Crippen LogP contribution is -2.20. The summed E-state index contributed by atoms with van der Waals surface area (Å²) in [7, 11) is 0. The number of nitrogens with one attached hydrogen (secondary N) is 2. The lowest BCUT2D eigenvalue weighted by Gasteiger charge is -2.20. The van der Waals surface area contributed by atoms with Gasteiger partial charge in [0.25, 0.3) is 0 Å². The van der Waals surface area contributed by atoms with Crippen molar-refractivity contribution in [1.82, 2.24) is 9.97 Å². The Morgan fingerprint density at radius 1 is 0.733 bits per heavy atom. The third kappa shape index (κ3) is 2.75. The maximum Gasteiger partial charge on any atom is 0.196 e. The molecule has 0 fully saturated rings. The molecule has 2 aromatic carbocycles. The first-order valence-electron chi connectivity index (χ1n) is 9.20. The average molecular weight is 398 g/mol. The highest BCUT2D eigenvalue weighted by Crippen LogP contribution is 2.42. The largest absolute Gasteiger partial charge is 0.494 e. The number of nitrogens with zero attached hydrogens (tertiary/aromatic N) is 4. The number of aromatic hydroxyl groups is 2. The second-order valence-electron chi connectivity index (χ2n) is 7.36. The molecule has 4 N–H and O–H groups in total. The molecular formula is C22H18N6O2. The molecule has 0 aliphatic rings. The molecule has 8 nitrogen and oxygen atoms in total. The van der Waals surface area contributed by atoms with Crippen molar-refractivity contribution in [2.45, 2.75) is 24.9 Å². The van der Waals surface area contributed by atoms with E-state index in [9.17, 15) is 20.7 Å². The van der Waals surface area contributed by atoms with Crippen LogP contribution in [0.4, 0.5) is 0 Å². The van der Waals surface area contributed by atoms with Gasteiger partial charge in [-0.25, -0.2) is 0 Å². The Morgan fingerprint density at radius 3 is 1.47 bits per heavy atom. The SMILES string of the molecule is CC(C#N)(N=NC(C)(C#N)c1c(O)[nH]c2ccccc12)c1c(O)[nH]c2ccccc12. The van der Waals surface area contributed by atoms with Crippen molar-refractivity contribution < 1.29 is 10.2 Å². The second-order valence-corrected chi connectivity index (χ2v) is 7.36. The second kappa shape index (κ2) is 6.64. The van der Waals surface area contributed by atoms with Gasteiger partial charge in [-0.3, -0.25) is 0 Å². The zero-order chi connectivity index (χ0) is 21.5. The molecule has 2 atom stereocenters. The Balaban J connectivity index is 1.87. The quantitative estimate of drug-likeness (QED) is 0.369. The molecule has 0 bridgehead atoms. The summed E-state index contributed by atoms with van der Waals surface area (Å²) in [6.07, 6.45) is 0. The van der Waals surface area contributed by atoms with Crippen molar-refractivity contribution in [3.05, 3.63) is 59.7 Å². The van der Waals surface area contributed by atoms with E-state index in [1.165, 1.54) is 13.8 Å². The van der Waals surface area contributed by atoms with Gasteiger partial charge in [-0.05, 0) is 26.0 Å². The summed E-state index contributed by atoms with van der Waals surface area (Å²) in [6, 6.07) is 18.4. The zero-order valence-corrected chi connectivity index (χ0v) is 16.3. The summed E-state index contributed by atoms with van der Waals surface area (Å²) in [5.41, 5.74) is -1.29. The Morgan fingerprint density at radius 2 is 1.10 bits per heavy atom. The summed E-state index contributed by atoms with van der Waals surface area (Å²) in [5, 5.41) is 50.4. The van der Waals surface area contributed by atoms with Crippen molar-refractivity contribution in [2.24, 2.45) is 10.2 Å². The Labute approximate surface area is 171 Å². The van der Waals surface area contributed by atoms with Crippen LogP contribution in [-0.4, -0.2) is 20.2 Å². The summed E-state index contributed by atoms with van der Waals surface area (Å²) in [5.74, 6) is -0.374. The van der Waals surface area contributed by atoms with E-state index in [1.807, 2.05) is 0 Å². The molecule has 4 aromatic rings. The summed E-state index contributed by atoms with van der Waals surface area (Å²) in [6.45, 7) is 3.03. The van der Waals surface area contributed by atoms with E-state index in [0.29, 0.717) is 21.8 Å². The van der Waals surface area contributed by atoms with Gasteiger partial charge in [0.2, 0.25) is 0 Å². The van der Waals surface area contributed by atoms with Crippen LogP contribution in [0.2, 0.25) is 0 Å². The molecule has 0 saturated heterocycles. The predicted octanol–water partition coefficient (Wildman–Crippen LogP) is 4.69. The van der Waals surface area contributed by atoms with Gasteiger partial charge >= 0.3 is 0 Å². The van der Waals surface area contributed by atoms with E-state index >= 15 is 0 Å². The molecule has 0 amide bonds. The van der Waals surface area contributed by atoms with Crippen LogP contribution in [0.25, 0.3) is 21.8 Å². The highest BCUT2D eigenvalue weighted by Gasteiger charge is 2.37. The Bertz CT molecular complexity index is 1280. The predicted molar refractivity (Wildman–Crippen MR) is 111 cm³/mol. The number of para-hydroxylation sites is 2. The number of aromatic amines is 2. The van der Waals surface area contributed by atoms with Crippen LogP contribution < -0.4 is 0 Å². The average Bonchev–Trinajstić information content (AvgIpc) is 3.27. The molecule has 0 radical (unpaired) electrons. The van der Waals surface area contributed by atoms with Gasteiger partial charge in [0, 0.05) is 21.8 Å². The van der Waals surface area contributed by atoms with Gasteiger partial charge in [-0.2, -0.15) is 20.8 Å². The molecule has 30 heavy (non-hydrogen) atoms.